The smallest absolute Gasteiger partial charge is 0.287 e. The fraction of sp³-hybridized carbons (Fsp3) is 0.167. The molecule has 3 aromatic rings. The fourth-order valence-corrected chi connectivity index (χ4v) is 6.03. The van der Waals surface area contributed by atoms with Crippen LogP contribution in [0.1, 0.15) is 21.5 Å². The van der Waals surface area contributed by atoms with Gasteiger partial charge in [-0.05, 0) is 43.3 Å². The van der Waals surface area contributed by atoms with Crippen LogP contribution in [0, 0.1) is 6.92 Å². The van der Waals surface area contributed by atoms with E-state index < -0.39 is 26.0 Å². The summed E-state index contributed by atoms with van der Waals surface area (Å²) in [7, 11) is -4.59. The Morgan fingerprint density at radius 3 is 2.08 bits per heavy atom. The third-order valence-electron chi connectivity index (χ3n) is 5.49. The van der Waals surface area contributed by atoms with E-state index in [0.29, 0.717) is 4.41 Å². The average Bonchev–Trinajstić information content (AvgIpc) is 3.15. The van der Waals surface area contributed by atoms with Gasteiger partial charge >= 0.3 is 0 Å². The lowest BCUT2D eigenvalue weighted by molar-refractivity contribution is 0.0837. The number of hydrazine groups is 1. The van der Waals surface area contributed by atoms with Crippen molar-refractivity contribution in [2.75, 3.05) is 21.3 Å². The SMILES string of the molecule is COc1cc(C(=O)N(NC2=NS(=O)(=O)c3ccccc32)S(=O)(=O)c2ccc(C)cc2)cc(OC)c1OC. The molecule has 0 fully saturated rings. The first-order valence-electron chi connectivity index (χ1n) is 10.7. The molecule has 4 rings (SSSR count). The number of fused-ring (bicyclic) bond motifs is 1. The Kier molecular flexibility index (Phi) is 6.84. The van der Waals surface area contributed by atoms with E-state index in [9.17, 15) is 21.6 Å². The zero-order valence-electron chi connectivity index (χ0n) is 20.3. The number of benzene rings is 3. The maximum Gasteiger partial charge on any atom is 0.287 e. The molecule has 0 bridgehead atoms. The molecule has 0 radical (unpaired) electrons. The number of carbonyl (C=O) groups excluding carboxylic acids is 1. The number of ether oxygens (including phenoxy) is 3. The molecule has 37 heavy (non-hydrogen) atoms. The van der Waals surface area contributed by atoms with Gasteiger partial charge < -0.3 is 14.2 Å². The number of methoxy groups -OCH3 is 3. The Morgan fingerprint density at radius 2 is 1.51 bits per heavy atom. The molecular formula is C24H23N3O8S2. The van der Waals surface area contributed by atoms with Gasteiger partial charge in [0, 0.05) is 5.56 Å². The van der Waals surface area contributed by atoms with E-state index in [2.05, 4.69) is 9.82 Å². The lowest BCUT2D eigenvalue weighted by Crippen LogP contribution is -2.49. The van der Waals surface area contributed by atoms with Gasteiger partial charge in [0.1, 0.15) is 4.90 Å². The Labute approximate surface area is 214 Å². The van der Waals surface area contributed by atoms with Gasteiger partial charge in [0.25, 0.3) is 26.0 Å². The van der Waals surface area contributed by atoms with Crippen molar-refractivity contribution >= 4 is 31.8 Å². The van der Waals surface area contributed by atoms with E-state index in [4.69, 9.17) is 14.2 Å². The molecule has 1 heterocycles. The monoisotopic (exact) mass is 545 g/mol. The van der Waals surface area contributed by atoms with Crippen molar-refractivity contribution in [2.45, 2.75) is 16.7 Å². The number of hydrogen-bond acceptors (Lipinski definition) is 9. The summed E-state index contributed by atoms with van der Waals surface area (Å²) in [6, 6.07) is 14.2. The first-order chi connectivity index (χ1) is 17.5. The molecule has 1 aliphatic rings. The summed E-state index contributed by atoms with van der Waals surface area (Å²) in [4.78, 5) is 13.4. The van der Waals surface area contributed by atoms with Crippen LogP contribution in [0.2, 0.25) is 0 Å². The molecule has 0 atom stereocenters. The lowest BCUT2D eigenvalue weighted by Gasteiger charge is -2.24. The van der Waals surface area contributed by atoms with Gasteiger partial charge in [-0.2, -0.15) is 16.8 Å². The topological polar surface area (TPSA) is 141 Å². The molecule has 0 unspecified atom stereocenters. The van der Waals surface area contributed by atoms with E-state index in [-0.39, 0.29) is 44.0 Å². The van der Waals surface area contributed by atoms with Gasteiger partial charge in [0.2, 0.25) is 5.75 Å². The lowest BCUT2D eigenvalue weighted by atomic mass is 10.1. The number of carbonyl (C=O) groups is 1. The summed E-state index contributed by atoms with van der Waals surface area (Å²) in [5, 5.41) is 0. The van der Waals surface area contributed by atoms with Gasteiger partial charge in [-0.15, -0.1) is 8.81 Å². The summed E-state index contributed by atoms with van der Waals surface area (Å²) in [5.41, 5.74) is 3.21. The first kappa shape index (κ1) is 26.0. The summed E-state index contributed by atoms with van der Waals surface area (Å²) in [5.74, 6) is -0.952. The minimum absolute atomic E-state index is 0.115. The summed E-state index contributed by atoms with van der Waals surface area (Å²) in [6.07, 6.45) is 0. The second-order valence-corrected chi connectivity index (χ2v) is 11.2. The zero-order valence-corrected chi connectivity index (χ0v) is 21.9. The summed E-state index contributed by atoms with van der Waals surface area (Å²) >= 11 is 0. The van der Waals surface area contributed by atoms with Crippen molar-refractivity contribution in [3.05, 3.63) is 77.4 Å². The van der Waals surface area contributed by atoms with Crippen LogP contribution in [0.5, 0.6) is 17.2 Å². The third-order valence-corrected chi connectivity index (χ3v) is 8.43. The second-order valence-electron chi connectivity index (χ2n) is 7.82. The van der Waals surface area contributed by atoms with E-state index in [0.717, 1.165) is 5.56 Å². The minimum Gasteiger partial charge on any atom is -0.493 e. The molecule has 11 nitrogen and oxygen atoms in total. The molecule has 0 spiro atoms. The summed E-state index contributed by atoms with van der Waals surface area (Å²) in [6.45, 7) is 1.78. The quantitative estimate of drug-likeness (QED) is 0.463. The Balaban J connectivity index is 1.88. The number of amides is 1. The number of rotatable bonds is 6. The Morgan fingerprint density at radius 1 is 0.919 bits per heavy atom. The molecule has 0 saturated carbocycles. The number of amidine groups is 1. The second kappa shape index (κ2) is 9.75. The molecule has 3 aromatic carbocycles. The normalized spacial score (nSPS) is 13.8. The van der Waals surface area contributed by atoms with Crippen LogP contribution < -0.4 is 19.6 Å². The number of nitrogens with zero attached hydrogens (tertiary/aromatic N) is 2. The number of sulfonamides is 2. The number of hydrogen-bond donors (Lipinski definition) is 1. The Bertz CT molecular complexity index is 1590. The standard InChI is InChI=1S/C24H23N3O8S2/c1-15-9-11-17(12-10-15)37(31,32)27(25-23-18-7-5-6-8-21(18)36(29,30)26-23)24(28)16-13-19(33-2)22(35-4)20(14-16)34-3/h5-14H,1-4H3,(H,25,26). The molecule has 0 saturated heterocycles. The van der Waals surface area contributed by atoms with Crippen LogP contribution in [-0.4, -0.2) is 54.3 Å². The summed E-state index contributed by atoms with van der Waals surface area (Å²) < 4.78 is 72.4. The van der Waals surface area contributed by atoms with Crippen molar-refractivity contribution in [2.24, 2.45) is 4.40 Å². The molecule has 194 valence electrons. The predicted molar refractivity (Wildman–Crippen MR) is 134 cm³/mol. The highest BCUT2D eigenvalue weighted by Gasteiger charge is 2.36. The van der Waals surface area contributed by atoms with Crippen molar-refractivity contribution in [3.8, 4) is 17.2 Å². The van der Waals surface area contributed by atoms with Gasteiger partial charge in [0.15, 0.2) is 17.3 Å². The largest absolute Gasteiger partial charge is 0.493 e. The van der Waals surface area contributed by atoms with Gasteiger partial charge in [0.05, 0.1) is 31.8 Å². The minimum atomic E-state index is -4.56. The molecule has 1 aliphatic heterocycles. The highest BCUT2D eigenvalue weighted by Crippen LogP contribution is 2.39. The third kappa shape index (κ3) is 4.70. The molecule has 1 amide bonds. The van der Waals surface area contributed by atoms with Crippen LogP contribution in [-0.2, 0) is 20.0 Å². The Hall–Kier alpha value is -4.10. The van der Waals surface area contributed by atoms with Crippen LogP contribution in [0.15, 0.2) is 74.9 Å². The molecular weight excluding hydrogens is 522 g/mol. The van der Waals surface area contributed by atoms with Gasteiger partial charge in [-0.25, -0.2) is 0 Å². The van der Waals surface area contributed by atoms with Gasteiger partial charge in [-0.3, -0.25) is 10.2 Å². The van der Waals surface area contributed by atoms with E-state index in [1.807, 2.05) is 0 Å². The predicted octanol–water partition coefficient (Wildman–Crippen LogP) is 2.51. The highest BCUT2D eigenvalue weighted by molar-refractivity contribution is 7.91. The van der Waals surface area contributed by atoms with Crippen molar-refractivity contribution < 1.29 is 35.8 Å². The fourth-order valence-electron chi connectivity index (χ4n) is 3.64. The maximum absolute atomic E-state index is 13.8. The number of nitrogens with one attached hydrogen (secondary N) is 1. The van der Waals surface area contributed by atoms with E-state index in [1.54, 1.807) is 25.1 Å². The van der Waals surface area contributed by atoms with E-state index in [1.165, 1.54) is 63.8 Å². The van der Waals surface area contributed by atoms with Crippen LogP contribution in [0.25, 0.3) is 0 Å². The van der Waals surface area contributed by atoms with Crippen LogP contribution >= 0.6 is 0 Å². The van der Waals surface area contributed by atoms with Crippen molar-refractivity contribution in [1.29, 1.82) is 0 Å². The van der Waals surface area contributed by atoms with Crippen LogP contribution in [0.4, 0.5) is 0 Å². The molecule has 13 heteroatoms. The molecule has 1 N–H and O–H groups in total. The van der Waals surface area contributed by atoms with Crippen molar-refractivity contribution in [1.82, 2.24) is 9.84 Å². The zero-order chi connectivity index (χ0) is 27.0. The number of aryl methyl sites for hydroxylation is 1. The molecule has 0 aliphatic carbocycles. The van der Waals surface area contributed by atoms with Gasteiger partial charge in [-0.1, -0.05) is 29.8 Å². The molecule has 0 aromatic heterocycles. The van der Waals surface area contributed by atoms with E-state index >= 15 is 0 Å². The highest BCUT2D eigenvalue weighted by atomic mass is 32.2. The average molecular weight is 546 g/mol. The van der Waals surface area contributed by atoms with Crippen molar-refractivity contribution in [3.63, 3.8) is 0 Å². The first-order valence-corrected chi connectivity index (χ1v) is 13.6. The van der Waals surface area contributed by atoms with Crippen LogP contribution in [0.3, 0.4) is 0 Å². The maximum atomic E-state index is 13.8.